The average Bonchev–Trinajstić information content (AvgIpc) is 3.23. The lowest BCUT2D eigenvalue weighted by molar-refractivity contribution is 0.0748. The first-order valence-corrected chi connectivity index (χ1v) is 9.11. The molecule has 0 aliphatic carbocycles. The number of amides is 1. The summed E-state index contributed by atoms with van der Waals surface area (Å²) in [7, 11) is 1.63. The van der Waals surface area contributed by atoms with Gasteiger partial charge in [0, 0.05) is 24.5 Å². The topological polar surface area (TPSA) is 78.5 Å². The fourth-order valence-electron chi connectivity index (χ4n) is 3.63. The zero-order valence-corrected chi connectivity index (χ0v) is 15.7. The smallest absolute Gasteiger partial charge is 0.258 e. The molecule has 2 heterocycles. The molecule has 1 amide bonds. The number of carbonyl (C=O) groups is 1. The summed E-state index contributed by atoms with van der Waals surface area (Å²) in [5.74, 6) is 1.03. The summed E-state index contributed by atoms with van der Waals surface area (Å²) in [6.07, 6.45) is 0.813. The summed E-state index contributed by atoms with van der Waals surface area (Å²) in [5.41, 5.74) is 4.16. The molecule has 0 spiro atoms. The van der Waals surface area contributed by atoms with Crippen LogP contribution < -0.4 is 4.74 Å². The van der Waals surface area contributed by atoms with Gasteiger partial charge in [-0.05, 0) is 41.7 Å². The van der Waals surface area contributed by atoms with E-state index in [-0.39, 0.29) is 11.7 Å². The monoisotopic (exact) mass is 365 g/mol. The van der Waals surface area contributed by atoms with E-state index < -0.39 is 0 Å². The number of methoxy groups -OCH3 is 1. The predicted molar refractivity (Wildman–Crippen MR) is 103 cm³/mol. The summed E-state index contributed by atoms with van der Waals surface area (Å²) < 4.78 is 5.27. The van der Waals surface area contributed by atoms with E-state index in [1.54, 1.807) is 24.1 Å². The molecule has 0 radical (unpaired) electrons. The van der Waals surface area contributed by atoms with Crippen LogP contribution in [0, 0.1) is 5.92 Å². The van der Waals surface area contributed by atoms with Crippen molar-refractivity contribution in [3.05, 3.63) is 52.7 Å². The van der Waals surface area contributed by atoms with Crippen LogP contribution in [0.3, 0.4) is 0 Å². The van der Waals surface area contributed by atoms with Gasteiger partial charge in [-0.25, -0.2) is 0 Å². The van der Waals surface area contributed by atoms with Crippen LogP contribution in [-0.2, 0) is 19.5 Å². The number of nitrogens with one attached hydrogen (secondary N) is 1. The molecule has 3 aromatic rings. The van der Waals surface area contributed by atoms with E-state index in [0.717, 1.165) is 39.9 Å². The molecule has 140 valence electrons. The maximum atomic E-state index is 13.1. The van der Waals surface area contributed by atoms with Gasteiger partial charge in [-0.3, -0.25) is 9.89 Å². The van der Waals surface area contributed by atoms with Gasteiger partial charge in [0.15, 0.2) is 0 Å². The van der Waals surface area contributed by atoms with Gasteiger partial charge in [0.1, 0.15) is 11.5 Å². The second-order valence-corrected chi connectivity index (χ2v) is 7.48. The zero-order chi connectivity index (χ0) is 19.1. The van der Waals surface area contributed by atoms with Crippen molar-refractivity contribution in [3.8, 4) is 11.5 Å². The van der Waals surface area contributed by atoms with E-state index >= 15 is 0 Å². The highest BCUT2D eigenvalue weighted by Gasteiger charge is 2.27. The first-order valence-electron chi connectivity index (χ1n) is 9.11. The van der Waals surface area contributed by atoms with Crippen molar-refractivity contribution in [1.82, 2.24) is 15.1 Å². The molecule has 6 heteroatoms. The Morgan fingerprint density at radius 1 is 1.26 bits per heavy atom. The summed E-state index contributed by atoms with van der Waals surface area (Å²) in [5, 5.41) is 18.6. The third kappa shape index (κ3) is 3.12. The Balaban J connectivity index is 1.65. The fourth-order valence-corrected chi connectivity index (χ4v) is 3.63. The van der Waals surface area contributed by atoms with E-state index in [4.69, 9.17) is 4.74 Å². The Hall–Kier alpha value is -3.02. The summed E-state index contributed by atoms with van der Waals surface area (Å²) in [6.45, 7) is 5.29. The van der Waals surface area contributed by atoms with Gasteiger partial charge in [-0.15, -0.1) is 0 Å². The number of fused-ring (bicyclic) bond motifs is 2. The Morgan fingerprint density at radius 3 is 2.78 bits per heavy atom. The number of ether oxygens (including phenoxy) is 1. The van der Waals surface area contributed by atoms with E-state index in [2.05, 4.69) is 24.0 Å². The van der Waals surface area contributed by atoms with Gasteiger partial charge in [0.05, 0.1) is 23.9 Å². The SMILES string of the molecule is COc1ccc2c(c1)CN(C(=O)c1cc3c(CC(C)C)n[nH]c3cc1O)C2. The number of aromatic hydroxyl groups is 1. The molecule has 0 bridgehead atoms. The van der Waals surface area contributed by atoms with Crippen molar-refractivity contribution in [2.75, 3.05) is 7.11 Å². The molecule has 1 aliphatic heterocycles. The Morgan fingerprint density at radius 2 is 2.04 bits per heavy atom. The number of hydrogen-bond donors (Lipinski definition) is 2. The molecule has 6 nitrogen and oxygen atoms in total. The van der Waals surface area contributed by atoms with Crippen LogP contribution in [0.5, 0.6) is 11.5 Å². The molecule has 1 aliphatic rings. The fraction of sp³-hybridized carbons (Fsp3) is 0.333. The molecule has 0 saturated carbocycles. The summed E-state index contributed by atoms with van der Waals surface area (Å²) in [6, 6.07) is 9.20. The van der Waals surface area contributed by atoms with Crippen LogP contribution in [0.4, 0.5) is 0 Å². The Kier molecular flexibility index (Phi) is 4.26. The second kappa shape index (κ2) is 6.61. The molecule has 2 N–H and O–H groups in total. The minimum Gasteiger partial charge on any atom is -0.507 e. The molecule has 0 fully saturated rings. The minimum atomic E-state index is -0.179. The second-order valence-electron chi connectivity index (χ2n) is 7.48. The Labute approximate surface area is 157 Å². The van der Waals surface area contributed by atoms with Gasteiger partial charge in [-0.1, -0.05) is 19.9 Å². The van der Waals surface area contributed by atoms with E-state index in [9.17, 15) is 9.90 Å². The number of H-pyrrole nitrogens is 1. The number of aromatic amines is 1. The number of aromatic nitrogens is 2. The van der Waals surface area contributed by atoms with Gasteiger partial charge in [0.25, 0.3) is 5.91 Å². The quantitative estimate of drug-likeness (QED) is 0.740. The van der Waals surface area contributed by atoms with Gasteiger partial charge in [0.2, 0.25) is 0 Å². The summed E-state index contributed by atoms with van der Waals surface area (Å²) >= 11 is 0. The van der Waals surface area contributed by atoms with E-state index in [0.29, 0.717) is 24.6 Å². The number of carbonyl (C=O) groups excluding carboxylic acids is 1. The molecule has 27 heavy (non-hydrogen) atoms. The van der Waals surface area contributed by atoms with Crippen molar-refractivity contribution >= 4 is 16.8 Å². The molecule has 0 saturated heterocycles. The lowest BCUT2D eigenvalue weighted by Gasteiger charge is -2.16. The number of benzene rings is 2. The zero-order valence-electron chi connectivity index (χ0n) is 15.7. The van der Waals surface area contributed by atoms with Crippen LogP contribution >= 0.6 is 0 Å². The van der Waals surface area contributed by atoms with Crippen LogP contribution in [0.1, 0.15) is 41.0 Å². The van der Waals surface area contributed by atoms with Crippen molar-refractivity contribution in [3.63, 3.8) is 0 Å². The first-order chi connectivity index (χ1) is 13.0. The standard InChI is InChI=1S/C21H23N3O3/c1-12(2)6-18-16-8-17(20(25)9-19(16)23-22-18)21(26)24-10-13-4-5-15(27-3)7-14(13)11-24/h4-5,7-9,12,25H,6,10-11H2,1-3H3,(H,22,23). The average molecular weight is 365 g/mol. The molecule has 0 unspecified atom stereocenters. The van der Waals surface area contributed by atoms with E-state index in [1.165, 1.54) is 0 Å². The minimum absolute atomic E-state index is 0.0271. The third-order valence-electron chi connectivity index (χ3n) is 5.01. The molecule has 2 aromatic carbocycles. The predicted octanol–water partition coefficient (Wildman–Crippen LogP) is 3.63. The van der Waals surface area contributed by atoms with Crippen molar-refractivity contribution in [1.29, 1.82) is 0 Å². The maximum Gasteiger partial charge on any atom is 0.258 e. The number of phenols is 1. The van der Waals surface area contributed by atoms with Gasteiger partial charge >= 0.3 is 0 Å². The van der Waals surface area contributed by atoms with Crippen LogP contribution in [0.15, 0.2) is 30.3 Å². The van der Waals surface area contributed by atoms with Crippen LogP contribution in [-0.4, -0.2) is 33.2 Å². The first kappa shape index (κ1) is 17.4. The van der Waals surface area contributed by atoms with Gasteiger partial charge < -0.3 is 14.7 Å². The third-order valence-corrected chi connectivity index (χ3v) is 5.01. The number of phenolic OH excluding ortho intramolecular Hbond substituents is 1. The molecular formula is C21H23N3O3. The van der Waals surface area contributed by atoms with Crippen molar-refractivity contribution in [2.24, 2.45) is 5.92 Å². The van der Waals surface area contributed by atoms with Gasteiger partial charge in [-0.2, -0.15) is 5.10 Å². The van der Waals surface area contributed by atoms with E-state index in [1.807, 2.05) is 18.2 Å². The number of hydrogen-bond acceptors (Lipinski definition) is 4. The molecule has 1 aromatic heterocycles. The molecule has 0 atom stereocenters. The lowest BCUT2D eigenvalue weighted by Crippen LogP contribution is -2.25. The lowest BCUT2D eigenvalue weighted by atomic mass is 10.0. The maximum absolute atomic E-state index is 13.1. The number of nitrogens with zero attached hydrogens (tertiary/aromatic N) is 2. The highest BCUT2D eigenvalue weighted by atomic mass is 16.5. The highest BCUT2D eigenvalue weighted by Crippen LogP contribution is 2.32. The van der Waals surface area contributed by atoms with Crippen molar-refractivity contribution < 1.29 is 14.6 Å². The largest absolute Gasteiger partial charge is 0.507 e. The Bertz CT molecular complexity index is 1020. The van der Waals surface area contributed by atoms with Crippen LogP contribution in [0.25, 0.3) is 10.9 Å². The highest BCUT2D eigenvalue weighted by molar-refractivity contribution is 6.01. The summed E-state index contributed by atoms with van der Waals surface area (Å²) in [4.78, 5) is 14.8. The number of rotatable bonds is 4. The van der Waals surface area contributed by atoms with Crippen molar-refractivity contribution in [2.45, 2.75) is 33.4 Å². The van der Waals surface area contributed by atoms with Crippen LogP contribution in [0.2, 0.25) is 0 Å². The normalized spacial score (nSPS) is 13.4. The molecule has 4 rings (SSSR count). The molecular weight excluding hydrogens is 342 g/mol.